The van der Waals surface area contributed by atoms with E-state index in [2.05, 4.69) is 16.7 Å². The standard InChI is InChI=1S/C12H19N3O2/c1-17-9-11-4-2-3-10(7-11)8-14-5-6-15-12(13)16/h2-4,7,14H,5-6,8-9H2,1H3,(H3,13,15,16). The van der Waals surface area contributed by atoms with Crippen molar-refractivity contribution in [3.05, 3.63) is 35.4 Å². The summed E-state index contributed by atoms with van der Waals surface area (Å²) >= 11 is 0. The highest BCUT2D eigenvalue weighted by atomic mass is 16.5. The van der Waals surface area contributed by atoms with E-state index in [9.17, 15) is 4.79 Å². The monoisotopic (exact) mass is 237 g/mol. The molecular formula is C12H19N3O2. The Morgan fingerprint density at radius 3 is 2.82 bits per heavy atom. The Hall–Kier alpha value is -1.59. The minimum Gasteiger partial charge on any atom is -0.380 e. The molecule has 0 aliphatic heterocycles. The van der Waals surface area contributed by atoms with Gasteiger partial charge in [0.15, 0.2) is 0 Å². The van der Waals surface area contributed by atoms with E-state index in [0.717, 1.165) is 12.1 Å². The summed E-state index contributed by atoms with van der Waals surface area (Å²) in [5.74, 6) is 0. The highest BCUT2D eigenvalue weighted by Crippen LogP contribution is 2.05. The van der Waals surface area contributed by atoms with Gasteiger partial charge in [0.2, 0.25) is 0 Å². The number of hydrogen-bond donors (Lipinski definition) is 3. The number of amides is 2. The van der Waals surface area contributed by atoms with Crippen LogP contribution in [-0.4, -0.2) is 26.2 Å². The number of hydrogen-bond acceptors (Lipinski definition) is 3. The maximum absolute atomic E-state index is 10.4. The number of carbonyl (C=O) groups is 1. The molecule has 0 heterocycles. The molecule has 0 aromatic heterocycles. The summed E-state index contributed by atoms with van der Waals surface area (Å²) in [4.78, 5) is 10.4. The van der Waals surface area contributed by atoms with Gasteiger partial charge in [-0.2, -0.15) is 0 Å². The van der Waals surface area contributed by atoms with Gasteiger partial charge in [0.1, 0.15) is 0 Å². The van der Waals surface area contributed by atoms with Crippen LogP contribution in [0.15, 0.2) is 24.3 Å². The quantitative estimate of drug-likeness (QED) is 0.607. The first kappa shape index (κ1) is 13.5. The second kappa shape index (κ2) is 7.65. The number of methoxy groups -OCH3 is 1. The van der Waals surface area contributed by atoms with Crippen molar-refractivity contribution < 1.29 is 9.53 Å². The molecule has 0 fully saturated rings. The smallest absolute Gasteiger partial charge is 0.312 e. The van der Waals surface area contributed by atoms with E-state index in [0.29, 0.717) is 19.7 Å². The fourth-order valence-electron chi connectivity index (χ4n) is 1.50. The molecule has 2 amide bonds. The Labute approximate surface area is 101 Å². The average molecular weight is 237 g/mol. The number of ether oxygens (including phenoxy) is 1. The minimum absolute atomic E-state index is 0.492. The lowest BCUT2D eigenvalue weighted by molar-refractivity contribution is 0.185. The largest absolute Gasteiger partial charge is 0.380 e. The highest BCUT2D eigenvalue weighted by Gasteiger charge is 1.96. The molecule has 0 atom stereocenters. The van der Waals surface area contributed by atoms with E-state index in [1.807, 2.05) is 18.2 Å². The van der Waals surface area contributed by atoms with Crippen molar-refractivity contribution in [2.24, 2.45) is 5.73 Å². The van der Waals surface area contributed by atoms with Crippen molar-refractivity contribution in [3.63, 3.8) is 0 Å². The Kier molecular flexibility index (Phi) is 6.06. The summed E-state index contributed by atoms with van der Waals surface area (Å²) in [7, 11) is 1.68. The zero-order chi connectivity index (χ0) is 12.5. The van der Waals surface area contributed by atoms with Crippen LogP contribution < -0.4 is 16.4 Å². The summed E-state index contributed by atoms with van der Waals surface area (Å²) in [6.45, 7) is 2.61. The van der Waals surface area contributed by atoms with Gasteiger partial charge in [0, 0.05) is 26.7 Å². The molecule has 94 valence electrons. The Balaban J connectivity index is 2.26. The van der Waals surface area contributed by atoms with Crippen LogP contribution in [0.4, 0.5) is 4.79 Å². The van der Waals surface area contributed by atoms with E-state index in [-0.39, 0.29) is 0 Å². The molecule has 1 rings (SSSR count). The van der Waals surface area contributed by atoms with Gasteiger partial charge in [-0.3, -0.25) is 0 Å². The number of primary amides is 1. The van der Waals surface area contributed by atoms with E-state index >= 15 is 0 Å². The second-order valence-electron chi connectivity index (χ2n) is 3.72. The summed E-state index contributed by atoms with van der Waals surface area (Å²) in [6, 6.07) is 7.69. The van der Waals surface area contributed by atoms with Gasteiger partial charge >= 0.3 is 6.03 Å². The van der Waals surface area contributed by atoms with Crippen molar-refractivity contribution >= 4 is 6.03 Å². The number of urea groups is 1. The lowest BCUT2D eigenvalue weighted by Gasteiger charge is -2.07. The van der Waals surface area contributed by atoms with Gasteiger partial charge in [0.05, 0.1) is 6.61 Å². The normalized spacial score (nSPS) is 10.2. The minimum atomic E-state index is -0.492. The van der Waals surface area contributed by atoms with E-state index in [4.69, 9.17) is 10.5 Å². The van der Waals surface area contributed by atoms with Gasteiger partial charge in [-0.1, -0.05) is 24.3 Å². The topological polar surface area (TPSA) is 76.4 Å². The zero-order valence-electron chi connectivity index (χ0n) is 10.0. The van der Waals surface area contributed by atoms with Gasteiger partial charge in [-0.25, -0.2) is 4.79 Å². The number of carbonyl (C=O) groups excluding carboxylic acids is 1. The molecule has 5 heteroatoms. The van der Waals surface area contributed by atoms with Crippen LogP contribution >= 0.6 is 0 Å². The molecule has 0 aliphatic carbocycles. The number of rotatable bonds is 7. The maximum atomic E-state index is 10.4. The molecule has 0 bridgehead atoms. The molecule has 0 spiro atoms. The first-order valence-electron chi connectivity index (χ1n) is 5.53. The fraction of sp³-hybridized carbons (Fsp3) is 0.417. The van der Waals surface area contributed by atoms with Crippen molar-refractivity contribution in [3.8, 4) is 0 Å². The zero-order valence-corrected chi connectivity index (χ0v) is 10.0. The number of benzene rings is 1. The summed E-state index contributed by atoms with van der Waals surface area (Å²) in [5, 5.41) is 5.74. The number of nitrogens with two attached hydrogens (primary N) is 1. The van der Waals surface area contributed by atoms with Crippen LogP contribution in [0, 0.1) is 0 Å². The summed E-state index contributed by atoms with van der Waals surface area (Å²) in [5.41, 5.74) is 7.30. The molecular weight excluding hydrogens is 218 g/mol. The summed E-state index contributed by atoms with van der Waals surface area (Å²) in [6.07, 6.45) is 0. The predicted molar refractivity (Wildman–Crippen MR) is 66.4 cm³/mol. The SMILES string of the molecule is COCc1cccc(CNCCNC(N)=O)c1. The number of nitrogens with one attached hydrogen (secondary N) is 2. The van der Waals surface area contributed by atoms with Crippen LogP contribution in [0.1, 0.15) is 11.1 Å². The molecule has 17 heavy (non-hydrogen) atoms. The lowest BCUT2D eigenvalue weighted by atomic mass is 10.1. The molecule has 1 aromatic carbocycles. The first-order chi connectivity index (χ1) is 8.22. The van der Waals surface area contributed by atoms with Crippen LogP contribution in [0.5, 0.6) is 0 Å². The molecule has 0 aliphatic rings. The average Bonchev–Trinajstić information content (AvgIpc) is 2.29. The van der Waals surface area contributed by atoms with Crippen molar-refractivity contribution in [1.82, 2.24) is 10.6 Å². The molecule has 1 aromatic rings. The third-order valence-corrected chi connectivity index (χ3v) is 2.23. The molecule has 0 unspecified atom stereocenters. The van der Waals surface area contributed by atoms with Gasteiger partial charge in [0.25, 0.3) is 0 Å². The Morgan fingerprint density at radius 2 is 2.12 bits per heavy atom. The summed E-state index contributed by atoms with van der Waals surface area (Å²) < 4.78 is 5.07. The van der Waals surface area contributed by atoms with E-state index < -0.39 is 6.03 Å². The van der Waals surface area contributed by atoms with Crippen molar-refractivity contribution in [2.75, 3.05) is 20.2 Å². The van der Waals surface area contributed by atoms with Gasteiger partial charge in [-0.05, 0) is 11.1 Å². The molecule has 0 radical (unpaired) electrons. The second-order valence-corrected chi connectivity index (χ2v) is 3.72. The molecule has 4 N–H and O–H groups in total. The van der Waals surface area contributed by atoms with E-state index in [1.165, 1.54) is 5.56 Å². The van der Waals surface area contributed by atoms with Crippen LogP contribution in [0.2, 0.25) is 0 Å². The van der Waals surface area contributed by atoms with Crippen molar-refractivity contribution in [2.45, 2.75) is 13.2 Å². The van der Waals surface area contributed by atoms with Crippen LogP contribution in [0.3, 0.4) is 0 Å². The molecule has 0 saturated carbocycles. The predicted octanol–water partition coefficient (Wildman–Crippen LogP) is 0.591. The maximum Gasteiger partial charge on any atom is 0.312 e. The fourth-order valence-corrected chi connectivity index (χ4v) is 1.50. The molecule has 5 nitrogen and oxygen atoms in total. The third kappa shape index (κ3) is 5.89. The lowest BCUT2D eigenvalue weighted by Crippen LogP contribution is -2.35. The van der Waals surface area contributed by atoms with Crippen LogP contribution in [0.25, 0.3) is 0 Å². The highest BCUT2D eigenvalue weighted by molar-refractivity contribution is 5.71. The van der Waals surface area contributed by atoms with Gasteiger partial charge < -0.3 is 21.1 Å². The first-order valence-corrected chi connectivity index (χ1v) is 5.53. The van der Waals surface area contributed by atoms with Crippen molar-refractivity contribution in [1.29, 1.82) is 0 Å². The third-order valence-electron chi connectivity index (χ3n) is 2.23. The molecule has 0 saturated heterocycles. The van der Waals surface area contributed by atoms with Crippen LogP contribution in [-0.2, 0) is 17.9 Å². The van der Waals surface area contributed by atoms with E-state index in [1.54, 1.807) is 7.11 Å². The Morgan fingerprint density at radius 1 is 1.35 bits per heavy atom. The van der Waals surface area contributed by atoms with Gasteiger partial charge in [-0.15, -0.1) is 0 Å². The Bertz CT molecular complexity index is 355.